The first-order valence-corrected chi connectivity index (χ1v) is 4.89. The zero-order valence-electron chi connectivity index (χ0n) is 8.77. The van der Waals surface area contributed by atoms with Crippen LogP contribution in [0.25, 0.3) is 0 Å². The van der Waals surface area contributed by atoms with Crippen LogP contribution in [0, 0.1) is 0 Å². The Morgan fingerprint density at radius 2 is 1.64 bits per heavy atom. The smallest absolute Gasteiger partial charge is 0.0386 e. The molecule has 0 bridgehead atoms. The van der Waals surface area contributed by atoms with Gasteiger partial charge in [0, 0.05) is 26.0 Å². The molecule has 0 aliphatic rings. The lowest BCUT2D eigenvalue weighted by Gasteiger charge is -1.94. The molecule has 14 heavy (non-hydrogen) atoms. The van der Waals surface area contributed by atoms with Gasteiger partial charge in [0.25, 0.3) is 0 Å². The predicted octanol–water partition coefficient (Wildman–Crippen LogP) is 2.56. The van der Waals surface area contributed by atoms with E-state index in [4.69, 9.17) is 0 Å². The first kappa shape index (κ1) is 10.6. The third kappa shape index (κ3) is 3.52. The van der Waals surface area contributed by atoms with Crippen LogP contribution in [-0.4, -0.2) is 26.0 Å². The molecule has 0 N–H and O–H groups in total. The number of benzene rings is 1. The van der Waals surface area contributed by atoms with Gasteiger partial charge in [0.2, 0.25) is 0 Å². The summed E-state index contributed by atoms with van der Waals surface area (Å²) < 4.78 is 0. The van der Waals surface area contributed by atoms with E-state index < -0.39 is 0 Å². The van der Waals surface area contributed by atoms with Gasteiger partial charge in [0.1, 0.15) is 0 Å². The Hall–Kier alpha value is -1.44. The minimum atomic E-state index is 0.901. The molecule has 0 aliphatic heterocycles. The molecular weight excluding hydrogens is 172 g/mol. The van der Waals surface area contributed by atoms with Gasteiger partial charge in [-0.25, -0.2) is 0 Å². The highest BCUT2D eigenvalue weighted by Crippen LogP contribution is 2.00. The first-order chi connectivity index (χ1) is 6.86. The average molecular weight is 188 g/mol. The second-order valence-corrected chi connectivity index (χ2v) is 3.09. The topological polar surface area (TPSA) is 24.7 Å². The number of hydrogen-bond donors (Lipinski definition) is 0. The molecular formula is C12H16N2. The Balaban J connectivity index is 2.63. The molecule has 2 nitrogen and oxygen atoms in total. The van der Waals surface area contributed by atoms with Crippen molar-refractivity contribution in [2.45, 2.75) is 13.3 Å². The summed E-state index contributed by atoms with van der Waals surface area (Å²) in [5, 5.41) is 0. The van der Waals surface area contributed by atoms with Gasteiger partial charge in [0.05, 0.1) is 0 Å². The molecule has 0 amide bonds. The van der Waals surface area contributed by atoms with Crippen LogP contribution in [0.1, 0.15) is 24.5 Å². The van der Waals surface area contributed by atoms with E-state index in [0.29, 0.717) is 0 Å². The molecule has 0 saturated carbocycles. The van der Waals surface area contributed by atoms with Crippen molar-refractivity contribution in [3.63, 3.8) is 0 Å². The Morgan fingerprint density at radius 1 is 1.07 bits per heavy atom. The van der Waals surface area contributed by atoms with Gasteiger partial charge < -0.3 is 0 Å². The molecule has 0 aromatic heterocycles. The molecule has 0 unspecified atom stereocenters. The summed E-state index contributed by atoms with van der Waals surface area (Å²) in [6.07, 6.45) is 4.85. The van der Waals surface area contributed by atoms with E-state index >= 15 is 0 Å². The van der Waals surface area contributed by atoms with Crippen LogP contribution in [0.15, 0.2) is 34.3 Å². The van der Waals surface area contributed by atoms with Crippen LogP contribution in [-0.2, 0) is 0 Å². The first-order valence-electron chi connectivity index (χ1n) is 4.89. The molecule has 0 atom stereocenters. The predicted molar refractivity (Wildman–Crippen MR) is 62.7 cm³/mol. The summed E-state index contributed by atoms with van der Waals surface area (Å²) in [6, 6.07) is 8.19. The lowest BCUT2D eigenvalue weighted by Crippen LogP contribution is -1.85. The van der Waals surface area contributed by atoms with Crippen LogP contribution in [0.4, 0.5) is 0 Å². The quantitative estimate of drug-likeness (QED) is 0.649. The summed E-state index contributed by atoms with van der Waals surface area (Å²) >= 11 is 0. The van der Waals surface area contributed by atoms with E-state index in [-0.39, 0.29) is 0 Å². The number of rotatable bonds is 4. The van der Waals surface area contributed by atoms with E-state index in [1.54, 1.807) is 7.05 Å². The van der Waals surface area contributed by atoms with E-state index in [1.165, 1.54) is 0 Å². The molecule has 0 radical (unpaired) electrons. The minimum absolute atomic E-state index is 0.901. The average Bonchev–Trinajstić information content (AvgIpc) is 2.21. The van der Waals surface area contributed by atoms with Crippen molar-refractivity contribution < 1.29 is 0 Å². The molecule has 0 heterocycles. The highest BCUT2D eigenvalue weighted by Gasteiger charge is 1.88. The fraction of sp³-hybridized carbons (Fsp3) is 0.333. The number of hydrogen-bond acceptors (Lipinski definition) is 2. The van der Waals surface area contributed by atoms with E-state index in [2.05, 4.69) is 29.0 Å². The fourth-order valence-electron chi connectivity index (χ4n) is 1.12. The Bertz CT molecular complexity index is 310. The van der Waals surface area contributed by atoms with Crippen LogP contribution in [0.3, 0.4) is 0 Å². The maximum Gasteiger partial charge on any atom is 0.0386 e. The summed E-state index contributed by atoms with van der Waals surface area (Å²) in [7, 11) is 1.77. The van der Waals surface area contributed by atoms with Gasteiger partial charge in [-0.1, -0.05) is 31.2 Å². The summed E-state index contributed by atoms with van der Waals surface area (Å²) in [5.74, 6) is 0. The summed E-state index contributed by atoms with van der Waals surface area (Å²) in [5.41, 5.74) is 2.27. The van der Waals surface area contributed by atoms with Crippen LogP contribution < -0.4 is 0 Å². The second-order valence-electron chi connectivity index (χ2n) is 3.09. The third-order valence-corrected chi connectivity index (χ3v) is 1.81. The van der Waals surface area contributed by atoms with E-state index in [9.17, 15) is 0 Å². The third-order valence-electron chi connectivity index (χ3n) is 1.81. The molecule has 0 spiro atoms. The van der Waals surface area contributed by atoms with Gasteiger partial charge in [-0.3, -0.25) is 9.98 Å². The van der Waals surface area contributed by atoms with E-state index in [0.717, 1.165) is 24.1 Å². The minimum Gasteiger partial charge on any atom is -0.296 e. The Labute approximate surface area is 85.4 Å². The van der Waals surface area contributed by atoms with Crippen molar-refractivity contribution in [2.24, 2.45) is 9.98 Å². The standard InChI is InChI=1S/C12H16N2/c1-3-8-14-10-12-6-4-11(5-7-12)9-13-2/h4-7,9-10H,3,8H2,1-2H3/b13-9+,14-10+. The van der Waals surface area contributed by atoms with Crippen molar-refractivity contribution >= 4 is 12.4 Å². The molecule has 1 rings (SSSR count). The van der Waals surface area contributed by atoms with E-state index in [1.807, 2.05) is 24.6 Å². The highest BCUT2D eigenvalue weighted by atomic mass is 14.7. The van der Waals surface area contributed by atoms with Crippen molar-refractivity contribution in [1.82, 2.24) is 0 Å². The number of aliphatic imine (C=N–C) groups is 2. The van der Waals surface area contributed by atoms with Crippen LogP contribution >= 0.6 is 0 Å². The fourth-order valence-corrected chi connectivity index (χ4v) is 1.12. The SMILES string of the molecule is CCC/N=C/c1ccc(/C=N/C)cc1. The van der Waals surface area contributed by atoms with Crippen molar-refractivity contribution in [2.75, 3.05) is 13.6 Å². The van der Waals surface area contributed by atoms with Crippen LogP contribution in [0.2, 0.25) is 0 Å². The zero-order chi connectivity index (χ0) is 10.2. The van der Waals surface area contributed by atoms with Gasteiger partial charge in [0.15, 0.2) is 0 Å². The van der Waals surface area contributed by atoms with Gasteiger partial charge in [-0.05, 0) is 17.5 Å². The largest absolute Gasteiger partial charge is 0.296 e. The Morgan fingerprint density at radius 3 is 2.14 bits per heavy atom. The zero-order valence-corrected chi connectivity index (χ0v) is 8.77. The van der Waals surface area contributed by atoms with Crippen LogP contribution in [0.5, 0.6) is 0 Å². The maximum atomic E-state index is 4.28. The summed E-state index contributed by atoms with van der Waals surface area (Å²) in [4.78, 5) is 8.23. The monoisotopic (exact) mass is 188 g/mol. The van der Waals surface area contributed by atoms with Gasteiger partial charge >= 0.3 is 0 Å². The van der Waals surface area contributed by atoms with Gasteiger partial charge in [-0.2, -0.15) is 0 Å². The number of nitrogens with zero attached hydrogens (tertiary/aromatic N) is 2. The van der Waals surface area contributed by atoms with Gasteiger partial charge in [-0.15, -0.1) is 0 Å². The molecule has 74 valence electrons. The molecule has 0 aliphatic carbocycles. The van der Waals surface area contributed by atoms with Crippen molar-refractivity contribution in [1.29, 1.82) is 0 Å². The lowest BCUT2D eigenvalue weighted by atomic mass is 10.1. The highest BCUT2D eigenvalue weighted by molar-refractivity contribution is 5.83. The maximum absolute atomic E-state index is 4.28. The van der Waals surface area contributed by atoms with Crippen molar-refractivity contribution in [3.05, 3.63) is 35.4 Å². The molecule has 1 aromatic rings. The molecule has 2 heteroatoms. The second kappa shape index (κ2) is 6.08. The van der Waals surface area contributed by atoms with Crippen molar-refractivity contribution in [3.8, 4) is 0 Å². The molecule has 0 fully saturated rings. The normalized spacial score (nSPS) is 11.6. The lowest BCUT2D eigenvalue weighted by molar-refractivity contribution is 0.937. The molecule has 0 saturated heterocycles. The summed E-state index contributed by atoms with van der Waals surface area (Å²) in [6.45, 7) is 3.02. The molecule has 1 aromatic carbocycles. The Kier molecular flexibility index (Phi) is 4.62.